The van der Waals surface area contributed by atoms with Gasteiger partial charge in [-0.25, -0.2) is 17.8 Å². The highest BCUT2D eigenvalue weighted by Crippen LogP contribution is 2.24. The SMILES string of the molecule is O=S(=O)(c1cc(CCl)ccc1F)N1CCn2ccnc2C1. The third-order valence-corrected chi connectivity index (χ3v) is 5.65. The number of imidazole rings is 1. The molecule has 0 saturated carbocycles. The van der Waals surface area contributed by atoms with Crippen LogP contribution in [0.2, 0.25) is 0 Å². The van der Waals surface area contributed by atoms with Gasteiger partial charge in [0.05, 0.1) is 6.54 Å². The lowest BCUT2D eigenvalue weighted by molar-refractivity contribution is 0.334. The van der Waals surface area contributed by atoms with Crippen molar-refractivity contribution >= 4 is 21.6 Å². The molecule has 2 aromatic rings. The second-order valence-electron chi connectivity index (χ2n) is 4.77. The molecule has 0 N–H and O–H groups in total. The fraction of sp³-hybridized carbons (Fsp3) is 0.308. The summed E-state index contributed by atoms with van der Waals surface area (Å²) < 4.78 is 42.3. The van der Waals surface area contributed by atoms with Gasteiger partial charge >= 0.3 is 0 Å². The van der Waals surface area contributed by atoms with Crippen LogP contribution in [0.3, 0.4) is 0 Å². The van der Waals surface area contributed by atoms with Crippen molar-refractivity contribution in [3.8, 4) is 0 Å². The van der Waals surface area contributed by atoms with Gasteiger partial charge < -0.3 is 4.57 Å². The monoisotopic (exact) mass is 329 g/mol. The van der Waals surface area contributed by atoms with Gasteiger partial charge in [0.15, 0.2) is 0 Å². The van der Waals surface area contributed by atoms with Gasteiger partial charge in [-0.15, -0.1) is 11.6 Å². The molecular formula is C13H13ClFN3O2S. The second-order valence-corrected chi connectivity index (χ2v) is 6.95. The molecule has 0 atom stereocenters. The Morgan fingerprint density at radius 1 is 1.33 bits per heavy atom. The predicted molar refractivity (Wildman–Crippen MR) is 75.8 cm³/mol. The van der Waals surface area contributed by atoms with Gasteiger partial charge in [-0.3, -0.25) is 0 Å². The summed E-state index contributed by atoms with van der Waals surface area (Å²) in [7, 11) is -3.90. The topological polar surface area (TPSA) is 55.2 Å². The van der Waals surface area contributed by atoms with Crippen molar-refractivity contribution < 1.29 is 12.8 Å². The molecule has 0 saturated heterocycles. The lowest BCUT2D eigenvalue weighted by atomic mass is 10.2. The Kier molecular flexibility index (Phi) is 3.73. The number of rotatable bonds is 3. The number of nitrogens with zero attached hydrogens (tertiary/aromatic N) is 3. The number of fused-ring (bicyclic) bond motifs is 1. The Balaban J connectivity index is 1.98. The molecule has 1 aromatic carbocycles. The number of benzene rings is 1. The van der Waals surface area contributed by atoms with Crippen molar-refractivity contribution in [3.05, 3.63) is 47.8 Å². The quantitative estimate of drug-likeness (QED) is 0.809. The summed E-state index contributed by atoms with van der Waals surface area (Å²) in [5.74, 6) is 0.0178. The Morgan fingerprint density at radius 2 is 2.14 bits per heavy atom. The summed E-state index contributed by atoms with van der Waals surface area (Å²) in [6.45, 7) is 0.932. The summed E-state index contributed by atoms with van der Waals surface area (Å²) >= 11 is 5.70. The molecule has 8 heteroatoms. The van der Waals surface area contributed by atoms with Crippen LogP contribution in [0.1, 0.15) is 11.4 Å². The van der Waals surface area contributed by atoms with Crippen molar-refractivity contribution in [3.63, 3.8) is 0 Å². The number of hydrogen-bond acceptors (Lipinski definition) is 3. The van der Waals surface area contributed by atoms with Crippen LogP contribution >= 0.6 is 11.6 Å². The lowest BCUT2D eigenvalue weighted by Gasteiger charge is -2.27. The molecule has 3 rings (SSSR count). The number of halogens is 2. The smallest absolute Gasteiger partial charge is 0.246 e. The molecule has 1 aliphatic heterocycles. The molecule has 0 unspecified atom stereocenters. The molecule has 21 heavy (non-hydrogen) atoms. The van der Waals surface area contributed by atoms with Gasteiger partial charge in [-0.2, -0.15) is 4.31 Å². The zero-order valence-corrected chi connectivity index (χ0v) is 12.6. The van der Waals surface area contributed by atoms with Crippen LogP contribution < -0.4 is 0 Å². The van der Waals surface area contributed by atoms with E-state index in [-0.39, 0.29) is 23.9 Å². The first-order valence-electron chi connectivity index (χ1n) is 6.37. The Morgan fingerprint density at radius 3 is 2.90 bits per heavy atom. The highest BCUT2D eigenvalue weighted by molar-refractivity contribution is 7.89. The number of hydrogen-bond donors (Lipinski definition) is 0. The molecule has 1 aromatic heterocycles. The van der Waals surface area contributed by atoms with E-state index in [0.29, 0.717) is 17.9 Å². The number of aromatic nitrogens is 2. The van der Waals surface area contributed by atoms with Gasteiger partial charge in [0, 0.05) is 31.4 Å². The van der Waals surface area contributed by atoms with Crippen molar-refractivity contribution in [2.24, 2.45) is 0 Å². The summed E-state index contributed by atoms with van der Waals surface area (Å²) in [6.07, 6.45) is 3.42. The third kappa shape index (κ3) is 2.56. The average Bonchev–Trinajstić information content (AvgIpc) is 2.95. The zero-order valence-electron chi connectivity index (χ0n) is 11.0. The maximum Gasteiger partial charge on any atom is 0.246 e. The van der Waals surface area contributed by atoms with Crippen LogP contribution in [0.5, 0.6) is 0 Å². The minimum Gasteiger partial charge on any atom is -0.333 e. The van der Waals surface area contributed by atoms with E-state index in [1.165, 1.54) is 16.4 Å². The van der Waals surface area contributed by atoms with Crippen molar-refractivity contribution in [1.29, 1.82) is 0 Å². The van der Waals surface area contributed by atoms with Crippen molar-refractivity contribution in [1.82, 2.24) is 13.9 Å². The first-order chi connectivity index (χ1) is 10.0. The fourth-order valence-electron chi connectivity index (χ4n) is 2.32. The molecule has 0 aliphatic carbocycles. The van der Waals surface area contributed by atoms with E-state index in [1.54, 1.807) is 12.4 Å². The highest BCUT2D eigenvalue weighted by Gasteiger charge is 2.31. The standard InChI is InChI=1S/C13H13ClFN3O2S/c14-8-10-1-2-11(15)12(7-10)21(19,20)18-6-5-17-4-3-16-13(17)9-18/h1-4,7H,5-6,8-9H2. The van der Waals surface area contributed by atoms with Crippen molar-refractivity contribution in [2.45, 2.75) is 23.9 Å². The maximum atomic E-state index is 13.9. The minimum absolute atomic E-state index is 0.132. The molecule has 1 aliphatic rings. The van der Waals surface area contributed by atoms with E-state index in [0.717, 1.165) is 6.07 Å². The van der Waals surface area contributed by atoms with E-state index >= 15 is 0 Å². The first kappa shape index (κ1) is 14.5. The summed E-state index contributed by atoms with van der Waals surface area (Å²) in [5, 5.41) is 0. The lowest BCUT2D eigenvalue weighted by Crippen LogP contribution is -2.38. The van der Waals surface area contributed by atoms with Crippen LogP contribution in [0.25, 0.3) is 0 Å². The second kappa shape index (κ2) is 5.40. The number of alkyl halides is 1. The Labute approximate surface area is 127 Å². The molecule has 0 spiro atoms. The van der Waals surface area contributed by atoms with E-state index in [2.05, 4.69) is 4.98 Å². The minimum atomic E-state index is -3.90. The molecule has 2 heterocycles. The van der Waals surface area contributed by atoms with Crippen LogP contribution in [-0.2, 0) is 29.0 Å². The van der Waals surface area contributed by atoms with E-state index in [1.807, 2.05) is 4.57 Å². The Bertz CT molecular complexity index is 775. The summed E-state index contributed by atoms with van der Waals surface area (Å²) in [6, 6.07) is 3.90. The largest absolute Gasteiger partial charge is 0.333 e. The van der Waals surface area contributed by atoms with Gasteiger partial charge in [-0.05, 0) is 17.7 Å². The van der Waals surface area contributed by atoms with Crippen LogP contribution in [0.4, 0.5) is 4.39 Å². The van der Waals surface area contributed by atoms with Crippen LogP contribution in [-0.4, -0.2) is 28.8 Å². The molecule has 112 valence electrons. The molecule has 0 radical (unpaired) electrons. The zero-order chi connectivity index (χ0) is 15.0. The average molecular weight is 330 g/mol. The summed E-state index contributed by atoms with van der Waals surface area (Å²) in [4.78, 5) is 3.78. The molecule has 0 amide bonds. The fourth-order valence-corrected chi connectivity index (χ4v) is 3.99. The van der Waals surface area contributed by atoms with Gasteiger partial charge in [0.1, 0.15) is 16.5 Å². The highest BCUT2D eigenvalue weighted by atomic mass is 35.5. The Hall–Kier alpha value is -1.44. The normalized spacial score (nSPS) is 15.9. The summed E-state index contributed by atoms with van der Waals surface area (Å²) in [5.41, 5.74) is 0.565. The van der Waals surface area contributed by atoms with Gasteiger partial charge in [-0.1, -0.05) is 6.07 Å². The van der Waals surface area contributed by atoms with E-state index < -0.39 is 15.8 Å². The van der Waals surface area contributed by atoms with E-state index in [9.17, 15) is 12.8 Å². The maximum absolute atomic E-state index is 13.9. The van der Waals surface area contributed by atoms with Crippen LogP contribution in [0.15, 0.2) is 35.5 Å². The third-order valence-electron chi connectivity index (χ3n) is 3.48. The molecule has 5 nitrogen and oxygen atoms in total. The van der Waals surface area contributed by atoms with Crippen LogP contribution in [0, 0.1) is 5.82 Å². The molecule has 0 bridgehead atoms. The number of sulfonamides is 1. The van der Waals surface area contributed by atoms with Crippen molar-refractivity contribution in [2.75, 3.05) is 6.54 Å². The van der Waals surface area contributed by atoms with Gasteiger partial charge in [0.2, 0.25) is 10.0 Å². The van der Waals surface area contributed by atoms with E-state index in [4.69, 9.17) is 11.6 Å². The van der Waals surface area contributed by atoms with Gasteiger partial charge in [0.25, 0.3) is 0 Å². The molecular weight excluding hydrogens is 317 g/mol. The molecule has 0 fully saturated rings. The predicted octanol–water partition coefficient (Wildman–Crippen LogP) is 1.97. The first-order valence-corrected chi connectivity index (χ1v) is 8.34.